The molecule has 0 radical (unpaired) electrons. The number of imidazole rings is 1. The molecule has 410 valence electrons. The van der Waals surface area contributed by atoms with Crippen LogP contribution in [-0.4, -0.2) is 101 Å². The zero-order chi connectivity index (χ0) is 54.1. The minimum absolute atomic E-state index is 0.436. The fourth-order valence-corrected chi connectivity index (χ4v) is 12.1. The number of methoxy groups -OCH3 is 2. The van der Waals surface area contributed by atoms with Crippen LogP contribution in [0.5, 0.6) is 34.5 Å². The number of aromatic amines is 3. The van der Waals surface area contributed by atoms with Gasteiger partial charge in [-0.05, 0) is 161 Å². The highest BCUT2D eigenvalue weighted by Gasteiger charge is 2.29. The van der Waals surface area contributed by atoms with Gasteiger partial charge in [0, 0.05) is 54.4 Å². The normalized spacial score (nSPS) is 16.7. The van der Waals surface area contributed by atoms with E-state index in [0.29, 0.717) is 51.6 Å². The van der Waals surface area contributed by atoms with Crippen molar-refractivity contribution in [2.75, 3.05) is 74.8 Å². The molecular weight excluding hydrogens is 991 g/mol. The number of carbonyl (C=O) groups excluding carboxylic acids is 1. The zero-order valence-corrected chi connectivity index (χ0v) is 45.5. The predicted octanol–water partition coefficient (Wildman–Crippen LogP) is 13.2. The lowest BCUT2D eigenvalue weighted by Crippen LogP contribution is -2.46. The Morgan fingerprint density at radius 1 is 0.532 bits per heavy atom. The molecule has 13 rings (SSSR count). The van der Waals surface area contributed by atoms with Crippen molar-refractivity contribution < 1.29 is 23.7 Å². The van der Waals surface area contributed by atoms with Crippen LogP contribution < -0.4 is 40.2 Å². The fourth-order valence-electron chi connectivity index (χ4n) is 12.1. The average Bonchev–Trinajstić information content (AvgIpc) is 4.37. The van der Waals surface area contributed by atoms with E-state index < -0.39 is 0 Å². The van der Waals surface area contributed by atoms with E-state index in [0.717, 1.165) is 81.6 Å². The number of para-hydroxylation sites is 4. The van der Waals surface area contributed by atoms with Crippen molar-refractivity contribution in [3.8, 4) is 46.0 Å². The Bertz CT molecular complexity index is 3470. The van der Waals surface area contributed by atoms with Crippen molar-refractivity contribution in [3.05, 3.63) is 127 Å². The second kappa shape index (κ2) is 24.6. The van der Waals surface area contributed by atoms with Gasteiger partial charge in [0.15, 0.2) is 35.1 Å². The molecule has 6 heterocycles. The van der Waals surface area contributed by atoms with E-state index in [-0.39, 0.29) is 0 Å². The number of hydrogen-bond donors (Lipinski definition) is 5. The summed E-state index contributed by atoms with van der Waals surface area (Å²) < 4.78 is 22.6. The molecule has 0 atom stereocenters. The summed E-state index contributed by atoms with van der Waals surface area (Å²) in [6.07, 6.45) is 17.3. The zero-order valence-electron chi connectivity index (χ0n) is 45.5. The lowest BCUT2D eigenvalue weighted by atomic mass is 9.76. The highest BCUT2D eigenvalue weighted by atomic mass is 16.5. The van der Waals surface area contributed by atoms with E-state index in [9.17, 15) is 4.79 Å². The Balaban J connectivity index is 0.000000139. The Morgan fingerprint density at radius 2 is 1.11 bits per heavy atom. The van der Waals surface area contributed by atoms with Gasteiger partial charge in [0.1, 0.15) is 22.9 Å². The minimum Gasteiger partial charge on any atom is -0.493 e. The number of piperidine rings is 3. The SMILES string of the molecule is COc1ccccc1Oc1ccc2[nH]nc(-c3nc4ccc(N5CCC(N6CCCCC6)CC5)cc4[nH]3)c2c1.COc1ccccc1Oc1ccc2n[nH]c(C=O)c2c1.Nc1ccc(N2CCC(C3CCCCC3)CC2)cc1N. The Hall–Kier alpha value is -8.24. The summed E-state index contributed by atoms with van der Waals surface area (Å²) in [6, 6.07) is 39.6. The first-order valence-corrected chi connectivity index (χ1v) is 28.2. The van der Waals surface area contributed by atoms with Crippen molar-refractivity contribution >= 4 is 61.9 Å². The molecule has 1 aliphatic carbocycles. The number of benzene rings is 6. The molecular formula is C63H73N11O5. The van der Waals surface area contributed by atoms with E-state index in [1.165, 1.54) is 115 Å². The second-order valence-electron chi connectivity index (χ2n) is 21.4. The van der Waals surface area contributed by atoms with Crippen molar-refractivity contribution in [2.24, 2.45) is 11.8 Å². The van der Waals surface area contributed by atoms with Gasteiger partial charge < -0.3 is 50.1 Å². The number of nitrogens with zero attached hydrogens (tertiary/aromatic N) is 6. The summed E-state index contributed by atoms with van der Waals surface area (Å²) in [6.45, 7) is 7.11. The first kappa shape index (κ1) is 52.8. The number of likely N-dealkylation sites (tertiary alicyclic amines) is 1. The number of H-pyrrole nitrogens is 3. The van der Waals surface area contributed by atoms with Crippen LogP contribution in [-0.2, 0) is 0 Å². The number of aldehydes is 1. The summed E-state index contributed by atoms with van der Waals surface area (Å²) in [5.74, 6) is 6.65. The molecule has 6 aromatic carbocycles. The molecule has 0 bridgehead atoms. The summed E-state index contributed by atoms with van der Waals surface area (Å²) in [5, 5.41) is 16.1. The number of fused-ring (bicyclic) bond motifs is 3. The van der Waals surface area contributed by atoms with Gasteiger partial charge in [-0.2, -0.15) is 10.2 Å². The summed E-state index contributed by atoms with van der Waals surface area (Å²) in [4.78, 5) is 27.0. The van der Waals surface area contributed by atoms with Gasteiger partial charge in [-0.25, -0.2) is 4.98 Å². The molecule has 79 heavy (non-hydrogen) atoms. The smallest absolute Gasteiger partial charge is 0.169 e. The number of nitrogen functional groups attached to an aromatic ring is 2. The monoisotopic (exact) mass is 1060 g/mol. The molecule has 9 aromatic rings. The van der Waals surface area contributed by atoms with E-state index in [4.69, 9.17) is 35.4 Å². The summed E-state index contributed by atoms with van der Waals surface area (Å²) in [7, 11) is 3.23. The highest BCUT2D eigenvalue weighted by molar-refractivity contribution is 5.96. The van der Waals surface area contributed by atoms with Crippen molar-refractivity contribution in [3.63, 3.8) is 0 Å². The maximum atomic E-state index is 10.9. The number of nitrogens with one attached hydrogen (secondary N) is 3. The molecule has 16 nitrogen and oxygen atoms in total. The lowest BCUT2D eigenvalue weighted by molar-refractivity contribution is 0.112. The van der Waals surface area contributed by atoms with Crippen molar-refractivity contribution in [2.45, 2.75) is 83.1 Å². The number of carbonyl (C=O) groups is 1. The van der Waals surface area contributed by atoms with E-state index >= 15 is 0 Å². The van der Waals surface area contributed by atoms with Crippen LogP contribution in [0.2, 0.25) is 0 Å². The van der Waals surface area contributed by atoms with Crippen LogP contribution >= 0.6 is 0 Å². The maximum Gasteiger partial charge on any atom is 0.169 e. The molecule has 16 heteroatoms. The molecule has 3 aliphatic heterocycles. The Labute approximate surface area is 461 Å². The molecule has 0 unspecified atom stereocenters. The minimum atomic E-state index is 0.436. The third-order valence-corrected chi connectivity index (χ3v) is 16.5. The summed E-state index contributed by atoms with van der Waals surface area (Å²) >= 11 is 0. The van der Waals surface area contributed by atoms with E-state index in [1.807, 2.05) is 78.9 Å². The van der Waals surface area contributed by atoms with Gasteiger partial charge in [-0.3, -0.25) is 15.0 Å². The van der Waals surface area contributed by atoms with Crippen LogP contribution in [0, 0.1) is 11.8 Å². The van der Waals surface area contributed by atoms with E-state index in [2.05, 4.69) is 64.3 Å². The van der Waals surface area contributed by atoms with Gasteiger partial charge in [-0.15, -0.1) is 0 Å². The topological polar surface area (TPSA) is 202 Å². The highest BCUT2D eigenvalue weighted by Crippen LogP contribution is 2.39. The van der Waals surface area contributed by atoms with Crippen molar-refractivity contribution in [1.82, 2.24) is 35.3 Å². The third kappa shape index (κ3) is 12.2. The number of ether oxygens (including phenoxy) is 4. The molecule has 3 saturated heterocycles. The molecule has 0 spiro atoms. The quantitative estimate of drug-likeness (QED) is 0.0572. The molecule has 1 saturated carbocycles. The second-order valence-corrected chi connectivity index (χ2v) is 21.4. The lowest BCUT2D eigenvalue weighted by Gasteiger charge is -2.41. The molecule has 3 aromatic heterocycles. The van der Waals surface area contributed by atoms with Gasteiger partial charge in [0.05, 0.1) is 47.7 Å². The van der Waals surface area contributed by atoms with Crippen molar-refractivity contribution in [1.29, 1.82) is 0 Å². The number of anilines is 4. The largest absolute Gasteiger partial charge is 0.493 e. The number of nitrogens with two attached hydrogens (primary N) is 2. The van der Waals surface area contributed by atoms with Crippen LogP contribution in [0.4, 0.5) is 22.7 Å². The molecule has 4 fully saturated rings. The number of rotatable bonds is 12. The van der Waals surface area contributed by atoms with Gasteiger partial charge >= 0.3 is 0 Å². The van der Waals surface area contributed by atoms with Crippen LogP contribution in [0.25, 0.3) is 44.4 Å². The maximum absolute atomic E-state index is 10.9. The molecule has 4 aliphatic rings. The fraction of sp³-hybridized carbons (Fsp3) is 0.365. The summed E-state index contributed by atoms with van der Waals surface area (Å²) in [5.41, 5.74) is 20.4. The molecule has 0 amide bonds. The van der Waals surface area contributed by atoms with Crippen LogP contribution in [0.1, 0.15) is 87.5 Å². The third-order valence-electron chi connectivity index (χ3n) is 16.5. The van der Waals surface area contributed by atoms with Gasteiger partial charge in [0.2, 0.25) is 0 Å². The van der Waals surface area contributed by atoms with Crippen LogP contribution in [0.15, 0.2) is 121 Å². The first-order valence-electron chi connectivity index (χ1n) is 28.2. The van der Waals surface area contributed by atoms with E-state index in [1.54, 1.807) is 32.4 Å². The van der Waals surface area contributed by atoms with Gasteiger partial charge in [0.25, 0.3) is 0 Å². The Kier molecular flexibility index (Phi) is 16.4. The standard InChI is InChI=1S/C31H34N6O2.C17H27N3.C15H12N2O3/c1-38-28-7-3-4-8-29(28)39-23-10-12-25-24(20-23)30(35-34-25)31-32-26-11-9-22(19-27(26)33-31)37-17-13-21(14-18-37)36-15-5-2-6-16-36;18-16-7-6-15(12-17(16)19)20-10-8-14(9-11-20)13-4-2-1-3-5-13;1-19-14-4-2-3-5-15(14)20-10-6-7-12-11(8-10)13(9-18)17-16-12/h3-4,7-12,19-21H,2,5-6,13-18H2,1H3,(H,32,33)(H,34,35);6-7,12-14H,1-5,8-11,18-19H2;2-9H,1H3,(H,16,17). The number of hydrogen-bond acceptors (Lipinski definition) is 13. The first-order chi connectivity index (χ1) is 38.8. The number of aromatic nitrogens is 6. The molecule has 7 N–H and O–H groups in total. The average molecular weight is 1060 g/mol. The van der Waals surface area contributed by atoms with Gasteiger partial charge in [-0.1, -0.05) is 62.8 Å². The Morgan fingerprint density at radius 3 is 1.77 bits per heavy atom. The van der Waals surface area contributed by atoms with Crippen LogP contribution in [0.3, 0.4) is 0 Å². The predicted molar refractivity (Wildman–Crippen MR) is 316 cm³/mol.